The van der Waals surface area contributed by atoms with Crippen LogP contribution in [0.5, 0.6) is 11.5 Å². The second-order valence-electron chi connectivity index (χ2n) is 11.5. The summed E-state index contributed by atoms with van der Waals surface area (Å²) in [6.45, 7) is 1.23. The highest BCUT2D eigenvalue weighted by molar-refractivity contribution is 7.79. The van der Waals surface area contributed by atoms with Crippen LogP contribution in [-0.4, -0.2) is 25.5 Å². The topological polar surface area (TPSA) is 18.5 Å². The summed E-state index contributed by atoms with van der Waals surface area (Å²) in [6, 6.07) is 57.2. The number of rotatable bonds is 2. The zero-order valence-corrected chi connectivity index (χ0v) is 27.3. The molecule has 0 radical (unpaired) electrons. The third kappa shape index (κ3) is 5.58. The van der Waals surface area contributed by atoms with E-state index in [1.165, 1.54) is 42.8 Å². The molecular weight excluding hydrogens is 598 g/mol. The Morgan fingerprint density at radius 2 is 0.761 bits per heavy atom. The summed E-state index contributed by atoms with van der Waals surface area (Å²) in [5.41, 5.74) is 2.22. The maximum absolute atomic E-state index is 6.89. The first kappa shape index (κ1) is 29.0. The van der Waals surface area contributed by atoms with Crippen molar-refractivity contribution in [3.8, 4) is 22.6 Å². The van der Waals surface area contributed by atoms with Crippen LogP contribution in [0.15, 0.2) is 158 Å². The monoisotopic (exact) mass is 632 g/mol. The van der Waals surface area contributed by atoms with Gasteiger partial charge in [-0.25, -0.2) is 0 Å². The van der Waals surface area contributed by atoms with Crippen molar-refractivity contribution in [2.75, 3.05) is 25.5 Å². The Kier molecular flexibility index (Phi) is 8.24. The van der Waals surface area contributed by atoms with Crippen molar-refractivity contribution >= 4 is 58.6 Å². The van der Waals surface area contributed by atoms with Gasteiger partial charge in [-0.3, -0.25) is 0 Å². The van der Waals surface area contributed by atoms with Gasteiger partial charge in [-0.1, -0.05) is 146 Å². The van der Waals surface area contributed by atoms with Crippen molar-refractivity contribution in [2.24, 2.45) is 0 Å². The zero-order chi connectivity index (χ0) is 30.7. The fourth-order valence-electron chi connectivity index (χ4n) is 6.67. The van der Waals surface area contributed by atoms with E-state index >= 15 is 0 Å². The molecule has 2 atom stereocenters. The van der Waals surface area contributed by atoms with E-state index in [1.807, 2.05) is 0 Å². The smallest absolute Gasteiger partial charge is 0.127 e. The van der Waals surface area contributed by atoms with Gasteiger partial charge in [0.15, 0.2) is 0 Å². The Morgan fingerprint density at radius 3 is 1.22 bits per heavy atom. The minimum atomic E-state index is -0.662. The lowest BCUT2D eigenvalue weighted by atomic mass is 9.92. The van der Waals surface area contributed by atoms with Gasteiger partial charge in [0.2, 0.25) is 0 Å². The average molecular weight is 633 g/mol. The van der Waals surface area contributed by atoms with Crippen LogP contribution in [0.1, 0.15) is 0 Å². The van der Waals surface area contributed by atoms with E-state index in [-0.39, 0.29) is 0 Å². The molecule has 224 valence electrons. The van der Waals surface area contributed by atoms with Gasteiger partial charge in [-0.05, 0) is 70.7 Å². The van der Waals surface area contributed by atoms with Crippen LogP contribution in [0.4, 0.5) is 0 Å². The Balaban J connectivity index is 1.34. The summed E-state index contributed by atoms with van der Waals surface area (Å²) in [4.78, 5) is 0. The second-order valence-corrected chi connectivity index (χ2v) is 16.1. The molecule has 7 aromatic rings. The van der Waals surface area contributed by atoms with Crippen LogP contribution < -0.4 is 30.7 Å². The molecule has 0 fully saturated rings. The lowest BCUT2D eigenvalue weighted by Gasteiger charge is -2.28. The first-order valence-electron chi connectivity index (χ1n) is 15.9. The molecule has 8 rings (SSSR count). The lowest BCUT2D eigenvalue weighted by Crippen LogP contribution is -2.31. The number of benzene rings is 7. The van der Waals surface area contributed by atoms with Gasteiger partial charge in [0.25, 0.3) is 0 Å². The minimum absolute atomic E-state index is 0.616. The first-order chi connectivity index (χ1) is 22.8. The van der Waals surface area contributed by atoms with E-state index in [2.05, 4.69) is 158 Å². The molecular formula is C42H34O2P2. The van der Waals surface area contributed by atoms with Crippen LogP contribution in [0.25, 0.3) is 32.7 Å². The molecule has 0 saturated heterocycles. The molecule has 1 heterocycles. The highest BCUT2D eigenvalue weighted by Gasteiger charge is 2.25. The van der Waals surface area contributed by atoms with Gasteiger partial charge in [0.1, 0.15) is 11.5 Å². The molecule has 0 bridgehead atoms. The van der Waals surface area contributed by atoms with Crippen molar-refractivity contribution in [1.82, 2.24) is 0 Å². The van der Waals surface area contributed by atoms with Crippen LogP contribution in [0.2, 0.25) is 0 Å². The third-order valence-corrected chi connectivity index (χ3v) is 14.0. The van der Waals surface area contributed by atoms with Crippen molar-refractivity contribution in [1.29, 1.82) is 0 Å². The van der Waals surface area contributed by atoms with Gasteiger partial charge in [-0.15, -0.1) is 0 Å². The van der Waals surface area contributed by atoms with Crippen LogP contribution >= 0.6 is 15.8 Å². The Hall–Kier alpha value is -4.48. The number of fused-ring (bicyclic) bond motifs is 8. The molecule has 1 aliphatic heterocycles. The van der Waals surface area contributed by atoms with E-state index in [4.69, 9.17) is 9.47 Å². The SMILES string of the molecule is c1ccc(P2CCOc3ccc4ccccc4c3-c3c(ccc4ccccc34)OCCP(c3ccccc3)c3ccccc32)cc1. The Bertz CT molecular complexity index is 1970. The predicted molar refractivity (Wildman–Crippen MR) is 199 cm³/mol. The molecule has 0 aliphatic carbocycles. The average Bonchev–Trinajstić information content (AvgIpc) is 3.12. The molecule has 0 saturated carbocycles. The summed E-state index contributed by atoms with van der Waals surface area (Å²) in [6.07, 6.45) is 1.86. The molecule has 0 amide bonds. The second kappa shape index (κ2) is 13.1. The van der Waals surface area contributed by atoms with E-state index < -0.39 is 15.8 Å². The Labute approximate surface area is 273 Å². The lowest BCUT2D eigenvalue weighted by molar-refractivity contribution is 0.340. The predicted octanol–water partition coefficient (Wildman–Crippen LogP) is 9.00. The van der Waals surface area contributed by atoms with Crippen molar-refractivity contribution in [3.05, 3.63) is 158 Å². The summed E-state index contributed by atoms with van der Waals surface area (Å²) < 4.78 is 13.8. The quantitative estimate of drug-likeness (QED) is 0.177. The maximum Gasteiger partial charge on any atom is 0.127 e. The highest BCUT2D eigenvalue weighted by atomic mass is 31.1. The molecule has 0 aromatic heterocycles. The minimum Gasteiger partial charge on any atom is -0.493 e. The fraction of sp³-hybridized carbons (Fsp3) is 0.0952. The third-order valence-electron chi connectivity index (χ3n) is 8.78. The number of hydrogen-bond donors (Lipinski definition) is 0. The first-order valence-corrected chi connectivity index (χ1v) is 18.9. The van der Waals surface area contributed by atoms with E-state index in [1.54, 1.807) is 0 Å². The van der Waals surface area contributed by atoms with E-state index in [9.17, 15) is 0 Å². The van der Waals surface area contributed by atoms with Gasteiger partial charge >= 0.3 is 0 Å². The van der Waals surface area contributed by atoms with E-state index in [0.29, 0.717) is 13.2 Å². The summed E-state index contributed by atoms with van der Waals surface area (Å²) in [5.74, 6) is 1.81. The molecule has 7 aromatic carbocycles. The van der Waals surface area contributed by atoms with Crippen molar-refractivity contribution in [3.63, 3.8) is 0 Å². The largest absolute Gasteiger partial charge is 0.493 e. The molecule has 2 unspecified atom stereocenters. The fourth-order valence-corrected chi connectivity index (χ4v) is 11.8. The summed E-state index contributed by atoms with van der Waals surface area (Å²) >= 11 is 0. The molecule has 4 heteroatoms. The van der Waals surface area contributed by atoms with Crippen molar-refractivity contribution in [2.45, 2.75) is 0 Å². The molecule has 46 heavy (non-hydrogen) atoms. The molecule has 1 aliphatic rings. The number of hydrogen-bond acceptors (Lipinski definition) is 2. The van der Waals surface area contributed by atoms with Crippen LogP contribution in [0.3, 0.4) is 0 Å². The summed E-state index contributed by atoms with van der Waals surface area (Å²) in [5, 5.41) is 10.4. The molecule has 2 nitrogen and oxygen atoms in total. The summed E-state index contributed by atoms with van der Waals surface area (Å²) in [7, 11) is -1.32. The van der Waals surface area contributed by atoms with Gasteiger partial charge in [0, 0.05) is 23.5 Å². The standard InChI is InChI=1S/C42H34O2P2/c1-3-15-33(16-4-1)45-29-27-43-37-25-23-31-13-7-9-19-35(31)41(37)42-36-20-10-8-14-32(36)24-26-38(42)44-28-30-46(34-17-5-2-6-18-34)40-22-12-11-21-39(40)45/h1-26H,27-30H2. The van der Waals surface area contributed by atoms with Gasteiger partial charge < -0.3 is 9.47 Å². The maximum atomic E-state index is 6.89. The van der Waals surface area contributed by atoms with Gasteiger partial charge in [0.05, 0.1) is 13.2 Å². The van der Waals surface area contributed by atoms with Crippen LogP contribution in [-0.2, 0) is 0 Å². The zero-order valence-electron chi connectivity index (χ0n) is 25.6. The normalized spacial score (nSPS) is 16.7. The molecule has 0 N–H and O–H groups in total. The number of ether oxygens (including phenoxy) is 2. The highest BCUT2D eigenvalue weighted by Crippen LogP contribution is 2.47. The van der Waals surface area contributed by atoms with Crippen LogP contribution in [0, 0.1) is 0 Å². The molecule has 0 spiro atoms. The Morgan fingerprint density at radius 1 is 0.370 bits per heavy atom. The van der Waals surface area contributed by atoms with Crippen molar-refractivity contribution < 1.29 is 9.47 Å². The van der Waals surface area contributed by atoms with E-state index in [0.717, 1.165) is 34.9 Å². The van der Waals surface area contributed by atoms with Gasteiger partial charge in [-0.2, -0.15) is 0 Å².